The van der Waals surface area contributed by atoms with Crippen LogP contribution >= 0.6 is 35.0 Å². The molecule has 4 rings (SSSR count). The van der Waals surface area contributed by atoms with Crippen LogP contribution in [0, 0.1) is 5.82 Å². The van der Waals surface area contributed by atoms with E-state index < -0.39 is 28.7 Å². The van der Waals surface area contributed by atoms with Gasteiger partial charge in [0.1, 0.15) is 5.82 Å². The Kier molecular flexibility index (Phi) is 6.52. The van der Waals surface area contributed by atoms with Gasteiger partial charge in [0, 0.05) is 36.8 Å². The van der Waals surface area contributed by atoms with Crippen LogP contribution in [0.2, 0.25) is 10.0 Å². The van der Waals surface area contributed by atoms with E-state index in [2.05, 4.69) is 5.32 Å². The minimum Gasteiger partial charge on any atom is -0.366 e. The number of anilines is 2. The molecule has 33 heavy (non-hydrogen) atoms. The number of amides is 2. The number of carbonyl (C=O) groups excluding carboxylic acids is 2. The average Bonchev–Trinajstić information content (AvgIpc) is 3.04. The lowest BCUT2D eigenvalue weighted by atomic mass is 10.0. The predicted octanol–water partition coefficient (Wildman–Crippen LogP) is 5.80. The molecule has 2 aliphatic heterocycles. The fraction of sp³-hybridized carbons (Fsp3) is 0.238. The molecule has 2 fully saturated rings. The van der Waals surface area contributed by atoms with E-state index in [4.69, 9.17) is 23.2 Å². The number of hydrogen-bond acceptors (Lipinski definition) is 5. The van der Waals surface area contributed by atoms with Crippen LogP contribution in [0.1, 0.15) is 11.1 Å². The first-order valence-corrected chi connectivity index (χ1v) is 11.2. The fourth-order valence-electron chi connectivity index (χ4n) is 3.70. The highest BCUT2D eigenvalue weighted by molar-refractivity contribution is 8.18. The van der Waals surface area contributed by atoms with Crippen LogP contribution in [0.5, 0.6) is 0 Å². The summed E-state index contributed by atoms with van der Waals surface area (Å²) in [4.78, 5) is 27.0. The minimum absolute atomic E-state index is 0.0292. The van der Waals surface area contributed by atoms with Gasteiger partial charge < -0.3 is 9.80 Å². The Morgan fingerprint density at radius 2 is 1.67 bits per heavy atom. The molecule has 2 aromatic rings. The van der Waals surface area contributed by atoms with Crippen molar-refractivity contribution in [1.29, 1.82) is 0 Å². The van der Waals surface area contributed by atoms with Gasteiger partial charge in [-0.05, 0) is 48.2 Å². The monoisotopic (exact) mass is 519 g/mol. The van der Waals surface area contributed by atoms with Crippen molar-refractivity contribution in [2.24, 2.45) is 0 Å². The van der Waals surface area contributed by atoms with Gasteiger partial charge in [0.2, 0.25) is 0 Å². The summed E-state index contributed by atoms with van der Waals surface area (Å²) in [5.74, 6) is -1.16. The average molecular weight is 520 g/mol. The van der Waals surface area contributed by atoms with Gasteiger partial charge in [0.05, 0.1) is 26.9 Å². The van der Waals surface area contributed by atoms with E-state index in [-0.39, 0.29) is 20.5 Å². The molecule has 0 spiro atoms. The maximum absolute atomic E-state index is 14.3. The Labute approximate surface area is 200 Å². The molecule has 2 aromatic carbocycles. The topological polar surface area (TPSA) is 52.7 Å². The normalized spacial score (nSPS) is 18.3. The summed E-state index contributed by atoms with van der Waals surface area (Å²) < 4.78 is 54.5. The molecule has 0 atom stereocenters. The predicted molar refractivity (Wildman–Crippen MR) is 121 cm³/mol. The highest BCUT2D eigenvalue weighted by Gasteiger charge is 2.34. The Hall–Kier alpha value is -2.43. The zero-order valence-electron chi connectivity index (χ0n) is 16.7. The lowest BCUT2D eigenvalue weighted by Crippen LogP contribution is -2.47. The van der Waals surface area contributed by atoms with Crippen LogP contribution in [-0.4, -0.2) is 37.3 Å². The molecule has 0 radical (unpaired) electrons. The van der Waals surface area contributed by atoms with E-state index >= 15 is 0 Å². The van der Waals surface area contributed by atoms with Crippen molar-refractivity contribution < 1.29 is 27.2 Å². The van der Waals surface area contributed by atoms with Crippen molar-refractivity contribution in [3.63, 3.8) is 0 Å². The first-order valence-electron chi connectivity index (χ1n) is 9.63. The standard InChI is InChI=1S/C21H15Cl2F4N3O2S/c22-13-1-2-16(15(24)10-13)29-3-5-30(6-4-29)18-11(8-17-19(31)28-20(32)33-17)7-12(9-14(18)23)21(25,26)27/h1-2,7-10H,3-6H2,(H,28,31,32)/b17-8+. The largest absolute Gasteiger partial charge is 0.416 e. The Balaban J connectivity index is 1.66. The van der Waals surface area contributed by atoms with Crippen LogP contribution < -0.4 is 15.1 Å². The first-order chi connectivity index (χ1) is 15.5. The number of halogens is 6. The van der Waals surface area contributed by atoms with Crippen LogP contribution in [0.15, 0.2) is 35.2 Å². The van der Waals surface area contributed by atoms with Gasteiger partial charge in [-0.25, -0.2) is 4.39 Å². The molecule has 0 aliphatic carbocycles. The lowest BCUT2D eigenvalue weighted by molar-refractivity contribution is -0.137. The summed E-state index contributed by atoms with van der Waals surface area (Å²) in [7, 11) is 0. The highest BCUT2D eigenvalue weighted by Crippen LogP contribution is 2.40. The van der Waals surface area contributed by atoms with Crippen molar-refractivity contribution >= 4 is 63.6 Å². The molecular weight excluding hydrogens is 505 g/mol. The maximum atomic E-state index is 14.3. The quantitative estimate of drug-likeness (QED) is 0.410. The van der Waals surface area contributed by atoms with Gasteiger partial charge in [-0.2, -0.15) is 13.2 Å². The van der Waals surface area contributed by atoms with Gasteiger partial charge in [-0.15, -0.1) is 0 Å². The molecule has 0 bridgehead atoms. The number of imide groups is 1. The van der Waals surface area contributed by atoms with Crippen molar-refractivity contribution in [3.8, 4) is 0 Å². The third kappa shape index (κ3) is 5.07. The minimum atomic E-state index is -4.65. The molecule has 0 saturated carbocycles. The highest BCUT2D eigenvalue weighted by atomic mass is 35.5. The fourth-order valence-corrected chi connectivity index (χ4v) is 4.88. The number of thioether (sulfide) groups is 1. The Morgan fingerprint density at radius 1 is 1.00 bits per heavy atom. The number of alkyl halides is 3. The van der Waals surface area contributed by atoms with E-state index in [9.17, 15) is 27.2 Å². The van der Waals surface area contributed by atoms with E-state index in [1.165, 1.54) is 12.1 Å². The van der Waals surface area contributed by atoms with E-state index in [1.807, 2.05) is 0 Å². The van der Waals surface area contributed by atoms with Gasteiger partial charge in [-0.1, -0.05) is 23.2 Å². The molecule has 2 saturated heterocycles. The van der Waals surface area contributed by atoms with Gasteiger partial charge >= 0.3 is 6.18 Å². The smallest absolute Gasteiger partial charge is 0.366 e. The second kappa shape index (κ2) is 9.08. The summed E-state index contributed by atoms with van der Waals surface area (Å²) in [5, 5.41) is 1.60. The molecule has 2 amide bonds. The van der Waals surface area contributed by atoms with Crippen LogP contribution in [0.25, 0.3) is 6.08 Å². The molecule has 1 N–H and O–H groups in total. The summed E-state index contributed by atoms with van der Waals surface area (Å²) >= 11 is 12.7. The first kappa shape index (κ1) is 23.7. The lowest BCUT2D eigenvalue weighted by Gasteiger charge is -2.38. The Bertz CT molecular complexity index is 1160. The third-order valence-electron chi connectivity index (χ3n) is 5.20. The molecule has 12 heteroatoms. The van der Waals surface area contributed by atoms with Crippen molar-refractivity contribution in [3.05, 3.63) is 62.2 Å². The molecule has 2 heterocycles. The summed E-state index contributed by atoms with van der Waals surface area (Å²) in [6.45, 7) is 1.42. The molecule has 174 valence electrons. The number of nitrogens with zero attached hydrogens (tertiary/aromatic N) is 2. The number of piperazine rings is 1. The third-order valence-corrected chi connectivity index (χ3v) is 6.53. The number of rotatable bonds is 3. The van der Waals surface area contributed by atoms with E-state index in [0.29, 0.717) is 49.3 Å². The second-order valence-electron chi connectivity index (χ2n) is 7.32. The molecule has 0 aromatic heterocycles. The SMILES string of the molecule is O=C1NC(=O)/C(=C\c2cc(C(F)(F)F)cc(Cl)c2N2CCN(c3ccc(Cl)cc3F)CC2)S1. The van der Waals surface area contributed by atoms with Crippen molar-refractivity contribution in [1.82, 2.24) is 5.32 Å². The van der Waals surface area contributed by atoms with Gasteiger partial charge in [0.25, 0.3) is 11.1 Å². The van der Waals surface area contributed by atoms with Gasteiger partial charge in [-0.3, -0.25) is 14.9 Å². The zero-order chi connectivity index (χ0) is 23.9. The maximum Gasteiger partial charge on any atom is 0.416 e. The van der Waals surface area contributed by atoms with Gasteiger partial charge in [0.15, 0.2) is 0 Å². The number of benzene rings is 2. The van der Waals surface area contributed by atoms with Crippen molar-refractivity contribution in [2.45, 2.75) is 6.18 Å². The second-order valence-corrected chi connectivity index (χ2v) is 9.17. The zero-order valence-corrected chi connectivity index (χ0v) is 19.0. The van der Waals surface area contributed by atoms with E-state index in [1.54, 1.807) is 21.9 Å². The van der Waals surface area contributed by atoms with E-state index in [0.717, 1.165) is 12.1 Å². The van der Waals surface area contributed by atoms with Crippen LogP contribution in [-0.2, 0) is 11.0 Å². The molecule has 5 nitrogen and oxygen atoms in total. The number of hydrogen-bond donors (Lipinski definition) is 1. The number of carbonyl (C=O) groups is 2. The van der Waals surface area contributed by atoms with Crippen LogP contribution in [0.3, 0.4) is 0 Å². The van der Waals surface area contributed by atoms with Crippen LogP contribution in [0.4, 0.5) is 33.7 Å². The molecular formula is C21H15Cl2F4N3O2S. The summed E-state index contributed by atoms with van der Waals surface area (Å²) in [5.41, 5.74) is -0.230. The summed E-state index contributed by atoms with van der Waals surface area (Å²) in [6, 6.07) is 6.09. The molecule has 2 aliphatic rings. The Morgan fingerprint density at radius 3 is 2.24 bits per heavy atom. The van der Waals surface area contributed by atoms with Crippen molar-refractivity contribution in [2.75, 3.05) is 36.0 Å². The summed E-state index contributed by atoms with van der Waals surface area (Å²) in [6.07, 6.45) is -3.42. The number of nitrogens with one attached hydrogen (secondary N) is 1. The molecule has 0 unspecified atom stereocenters.